The van der Waals surface area contributed by atoms with Gasteiger partial charge in [-0.15, -0.1) is 12.4 Å². The first-order valence-electron chi connectivity index (χ1n) is 8.25. The number of nitrogens with zero attached hydrogens (tertiary/aromatic N) is 2. The van der Waals surface area contributed by atoms with Crippen molar-refractivity contribution in [2.45, 2.75) is 4.90 Å². The van der Waals surface area contributed by atoms with Gasteiger partial charge in [0.15, 0.2) is 0 Å². The van der Waals surface area contributed by atoms with Crippen molar-refractivity contribution in [2.24, 2.45) is 0 Å². The fraction of sp³-hybridized carbons (Fsp3) is 0.222. The van der Waals surface area contributed by atoms with Crippen molar-refractivity contribution in [2.75, 3.05) is 31.1 Å². The number of rotatable bonds is 3. The van der Waals surface area contributed by atoms with Gasteiger partial charge < -0.3 is 10.2 Å². The van der Waals surface area contributed by atoms with Crippen molar-refractivity contribution >= 4 is 62.2 Å². The summed E-state index contributed by atoms with van der Waals surface area (Å²) in [6.45, 7) is 3.37. The second kappa shape index (κ2) is 7.89. The van der Waals surface area contributed by atoms with Crippen molar-refractivity contribution in [3.63, 3.8) is 0 Å². The number of hydrogen-bond donors (Lipinski definition) is 1. The minimum absolute atomic E-state index is 0. The number of fused-ring (bicyclic) bond motifs is 1. The van der Waals surface area contributed by atoms with E-state index in [1.807, 2.05) is 0 Å². The lowest BCUT2D eigenvalue weighted by molar-refractivity contribution is 0.589. The molecule has 2 aromatic carbocycles. The van der Waals surface area contributed by atoms with E-state index in [1.165, 1.54) is 10.0 Å². The molecule has 1 saturated heterocycles. The molecule has 0 saturated carbocycles. The predicted molar refractivity (Wildman–Crippen MR) is 113 cm³/mol. The number of aromatic nitrogens is 1. The molecular weight excluding hydrogens is 429 g/mol. The van der Waals surface area contributed by atoms with Gasteiger partial charge in [0.2, 0.25) is 0 Å². The average molecular weight is 447 g/mol. The molecule has 9 heteroatoms. The second-order valence-corrected chi connectivity index (χ2v) is 8.71. The van der Waals surface area contributed by atoms with E-state index in [2.05, 4.69) is 10.2 Å². The molecule has 0 bridgehead atoms. The Morgan fingerprint density at radius 1 is 0.926 bits per heavy atom. The molecule has 0 aliphatic carbocycles. The molecule has 1 fully saturated rings. The van der Waals surface area contributed by atoms with Crippen LogP contribution in [-0.2, 0) is 10.0 Å². The molecular formula is C18H18Cl3N3O2S. The van der Waals surface area contributed by atoms with E-state index in [0.29, 0.717) is 10.5 Å². The molecule has 5 nitrogen and oxygen atoms in total. The lowest BCUT2D eigenvalue weighted by Gasteiger charge is -2.30. The van der Waals surface area contributed by atoms with E-state index in [1.54, 1.807) is 42.6 Å². The number of anilines is 1. The van der Waals surface area contributed by atoms with Crippen molar-refractivity contribution in [1.29, 1.82) is 0 Å². The summed E-state index contributed by atoms with van der Waals surface area (Å²) in [4.78, 5) is 2.27. The number of piperazine rings is 1. The SMILES string of the molecule is Cl.O=S(=O)(c1ccccc1Cl)n1ccc2c(N3CCNCC3)c(Cl)ccc21. The normalized spacial score (nSPS) is 15.0. The summed E-state index contributed by atoms with van der Waals surface area (Å²) in [7, 11) is -3.80. The highest BCUT2D eigenvalue weighted by atomic mass is 35.5. The van der Waals surface area contributed by atoms with Gasteiger partial charge in [0, 0.05) is 37.8 Å². The standard InChI is InChI=1S/C18H17Cl2N3O2S.ClH/c19-14-3-1-2-4-17(14)26(24,25)23-10-7-13-16(23)6-5-15(20)18(13)22-11-8-21-9-12-22;/h1-7,10,21H,8-9,11-12H2;1H. The van der Waals surface area contributed by atoms with E-state index in [4.69, 9.17) is 23.2 Å². The maximum absolute atomic E-state index is 13.1. The van der Waals surface area contributed by atoms with E-state index in [9.17, 15) is 8.42 Å². The van der Waals surface area contributed by atoms with Gasteiger partial charge in [-0.25, -0.2) is 12.4 Å². The van der Waals surface area contributed by atoms with Crippen molar-refractivity contribution in [3.8, 4) is 0 Å². The Kier molecular flexibility index (Phi) is 5.93. The van der Waals surface area contributed by atoms with Crippen LogP contribution in [0.25, 0.3) is 10.9 Å². The Morgan fingerprint density at radius 3 is 2.33 bits per heavy atom. The summed E-state index contributed by atoms with van der Waals surface area (Å²) in [5.74, 6) is 0. The summed E-state index contributed by atoms with van der Waals surface area (Å²) < 4.78 is 27.5. The largest absolute Gasteiger partial charge is 0.367 e. The molecule has 0 unspecified atom stereocenters. The molecule has 4 rings (SSSR count). The fourth-order valence-electron chi connectivity index (χ4n) is 3.33. The molecule has 27 heavy (non-hydrogen) atoms. The van der Waals surface area contributed by atoms with Gasteiger partial charge in [0.25, 0.3) is 10.0 Å². The summed E-state index contributed by atoms with van der Waals surface area (Å²) in [6.07, 6.45) is 1.56. The maximum Gasteiger partial charge on any atom is 0.269 e. The van der Waals surface area contributed by atoms with Gasteiger partial charge in [-0.3, -0.25) is 0 Å². The monoisotopic (exact) mass is 445 g/mol. The third-order valence-electron chi connectivity index (χ3n) is 4.57. The zero-order valence-electron chi connectivity index (χ0n) is 14.2. The maximum atomic E-state index is 13.1. The molecule has 0 atom stereocenters. The molecule has 0 radical (unpaired) electrons. The van der Waals surface area contributed by atoms with Crippen molar-refractivity contribution < 1.29 is 8.42 Å². The van der Waals surface area contributed by atoms with Crippen LogP contribution in [0.4, 0.5) is 5.69 Å². The van der Waals surface area contributed by atoms with Crippen LogP contribution in [0.3, 0.4) is 0 Å². The Morgan fingerprint density at radius 2 is 1.63 bits per heavy atom. The predicted octanol–water partition coefficient (Wildman–Crippen LogP) is 4.02. The molecule has 1 aliphatic heterocycles. The van der Waals surface area contributed by atoms with Crippen molar-refractivity contribution in [3.05, 3.63) is 58.7 Å². The Labute approximate surface area is 174 Å². The average Bonchev–Trinajstić information content (AvgIpc) is 3.07. The molecule has 2 heterocycles. The van der Waals surface area contributed by atoms with Crippen LogP contribution in [0.2, 0.25) is 10.0 Å². The van der Waals surface area contributed by atoms with Gasteiger partial charge in [-0.2, -0.15) is 0 Å². The van der Waals surface area contributed by atoms with E-state index in [0.717, 1.165) is 37.3 Å². The highest BCUT2D eigenvalue weighted by Crippen LogP contribution is 2.37. The highest BCUT2D eigenvalue weighted by Gasteiger charge is 2.24. The molecule has 1 aromatic heterocycles. The van der Waals surface area contributed by atoms with Gasteiger partial charge in [0.1, 0.15) is 4.90 Å². The molecule has 144 valence electrons. The first-order chi connectivity index (χ1) is 12.5. The molecule has 1 aliphatic rings. The van der Waals surface area contributed by atoms with Crippen LogP contribution in [0, 0.1) is 0 Å². The molecule has 0 amide bonds. The van der Waals surface area contributed by atoms with E-state index in [-0.39, 0.29) is 22.3 Å². The summed E-state index contributed by atoms with van der Waals surface area (Å²) in [5, 5.41) is 4.94. The van der Waals surface area contributed by atoms with Crippen LogP contribution in [0.1, 0.15) is 0 Å². The molecule has 0 spiro atoms. The number of benzene rings is 2. The van der Waals surface area contributed by atoms with E-state index < -0.39 is 10.0 Å². The molecule has 1 N–H and O–H groups in total. The van der Waals surface area contributed by atoms with Crippen LogP contribution in [0.5, 0.6) is 0 Å². The number of nitrogens with one attached hydrogen (secondary N) is 1. The molecule has 3 aromatic rings. The van der Waals surface area contributed by atoms with Crippen molar-refractivity contribution in [1.82, 2.24) is 9.29 Å². The van der Waals surface area contributed by atoms with Crippen LogP contribution in [-0.4, -0.2) is 38.6 Å². The topological polar surface area (TPSA) is 54.3 Å². The van der Waals surface area contributed by atoms with Crippen LogP contribution >= 0.6 is 35.6 Å². The van der Waals surface area contributed by atoms with Gasteiger partial charge in [0.05, 0.1) is 21.2 Å². The fourth-order valence-corrected chi connectivity index (χ4v) is 5.46. The minimum Gasteiger partial charge on any atom is -0.367 e. The lowest BCUT2D eigenvalue weighted by atomic mass is 10.2. The van der Waals surface area contributed by atoms with Gasteiger partial charge in [-0.05, 0) is 30.3 Å². The Hall–Kier alpha value is -1.44. The number of hydrogen-bond acceptors (Lipinski definition) is 4. The second-order valence-electron chi connectivity index (χ2n) is 6.11. The zero-order chi connectivity index (χ0) is 18.3. The quantitative estimate of drug-likeness (QED) is 0.660. The van der Waals surface area contributed by atoms with E-state index >= 15 is 0 Å². The van der Waals surface area contributed by atoms with Crippen LogP contribution in [0.15, 0.2) is 53.6 Å². The third kappa shape index (κ3) is 3.52. The highest BCUT2D eigenvalue weighted by molar-refractivity contribution is 7.90. The van der Waals surface area contributed by atoms with Crippen LogP contribution < -0.4 is 10.2 Å². The van der Waals surface area contributed by atoms with Gasteiger partial charge >= 0.3 is 0 Å². The van der Waals surface area contributed by atoms with Gasteiger partial charge in [-0.1, -0.05) is 35.3 Å². The summed E-state index contributed by atoms with van der Waals surface area (Å²) in [5.41, 5.74) is 1.46. The lowest BCUT2D eigenvalue weighted by Crippen LogP contribution is -2.43. The Balaban J connectivity index is 0.00000210. The first kappa shape index (κ1) is 20.3. The first-order valence-corrected chi connectivity index (χ1v) is 10.4. The Bertz CT molecular complexity index is 1080. The smallest absolute Gasteiger partial charge is 0.269 e. The summed E-state index contributed by atoms with van der Waals surface area (Å²) >= 11 is 12.6. The minimum atomic E-state index is -3.80. The number of halogens is 3. The summed E-state index contributed by atoms with van der Waals surface area (Å²) in [6, 6.07) is 11.7. The zero-order valence-corrected chi connectivity index (χ0v) is 17.4. The third-order valence-corrected chi connectivity index (χ3v) is 7.06.